The zero-order chi connectivity index (χ0) is 49.1. The number of anilines is 2. The maximum absolute atomic E-state index is 14.3. The topological polar surface area (TPSA) is 328 Å². The van der Waals surface area contributed by atoms with Crippen LogP contribution in [0.5, 0.6) is 0 Å². The number of rotatable bonds is 19. The fraction of sp³-hybridized carbons (Fsp3) is 0.525. The zero-order valence-electron chi connectivity index (χ0n) is 38.1. The Hall–Kier alpha value is -5.13. The summed E-state index contributed by atoms with van der Waals surface area (Å²) in [6.07, 6.45) is -4.87. The molecule has 2 saturated heterocycles. The molecule has 366 valence electrons. The highest BCUT2D eigenvalue weighted by molar-refractivity contribution is 7.47. The lowest BCUT2D eigenvalue weighted by Gasteiger charge is -2.40. The second-order valence-electron chi connectivity index (χ2n) is 17.7. The number of H-pyrrole nitrogens is 1. The smallest absolute Gasteiger partial charge is 0.408 e. The molecule has 2 aliphatic heterocycles. The minimum Gasteiger partial charge on any atom is -0.408 e. The summed E-state index contributed by atoms with van der Waals surface area (Å²) in [7, 11) is -11.3. The highest BCUT2D eigenvalue weighted by Crippen LogP contribution is 2.52. The average molecular weight is 1000 g/mol. The molecule has 0 aliphatic carbocycles. The number of benzene rings is 1. The third-order valence-corrected chi connectivity index (χ3v) is 18.0. The zero-order valence-corrected chi connectivity index (χ0v) is 41.0. The minimum atomic E-state index is -5.23. The molecule has 1 aromatic carbocycles. The SMILES string of the molecule is CC(C)C(=O)Nc1nc2c(ncn2[C@@H]2O[C@H](CO)[C@@H](O[Si](C)(C)C(C)(C)C)[C@H]2OP(=O)(O)OC[C@H]2O[C@@H](n3cnc4c(NC(=O)c5ccccc5)ncnc43)C[C@@H]2O[PH](=O)OCCC#N)c(=O)[nH]1. The van der Waals surface area contributed by atoms with E-state index in [-0.39, 0.29) is 53.5 Å². The number of imidazole rings is 2. The maximum atomic E-state index is 14.3. The number of fused-ring (bicyclic) bond motifs is 2. The van der Waals surface area contributed by atoms with Gasteiger partial charge in [0, 0.05) is 17.9 Å². The molecular formula is C40H53N11O14P2Si. The third-order valence-electron chi connectivity index (χ3n) is 11.6. The van der Waals surface area contributed by atoms with Crippen LogP contribution < -0.4 is 16.2 Å². The molecule has 0 bridgehead atoms. The number of carbonyl (C=O) groups excluding carboxylic acids is 2. The number of phosphoric acid groups is 1. The molecule has 5 aromatic rings. The van der Waals surface area contributed by atoms with Gasteiger partial charge in [-0.25, -0.2) is 24.5 Å². The molecule has 2 amide bonds. The summed E-state index contributed by atoms with van der Waals surface area (Å²) in [5.74, 6) is -1.42. The van der Waals surface area contributed by atoms with Crippen LogP contribution in [0.3, 0.4) is 0 Å². The van der Waals surface area contributed by atoms with E-state index in [1.54, 1.807) is 44.2 Å². The fourth-order valence-electron chi connectivity index (χ4n) is 7.04. The van der Waals surface area contributed by atoms with E-state index >= 15 is 0 Å². The van der Waals surface area contributed by atoms with Crippen LogP contribution in [-0.2, 0) is 45.9 Å². The number of aromatic nitrogens is 8. The van der Waals surface area contributed by atoms with Crippen molar-refractivity contribution in [2.24, 2.45) is 5.92 Å². The summed E-state index contributed by atoms with van der Waals surface area (Å²) in [6.45, 7) is 11.6. The van der Waals surface area contributed by atoms with E-state index in [2.05, 4.69) is 40.5 Å². The van der Waals surface area contributed by atoms with Crippen LogP contribution in [0.25, 0.3) is 22.3 Å². The number of hydrogen-bond acceptors (Lipinski definition) is 19. The van der Waals surface area contributed by atoms with Gasteiger partial charge in [-0.15, -0.1) is 0 Å². The first-order chi connectivity index (χ1) is 32.2. The Bertz CT molecular complexity index is 2800. The molecule has 9 atom stereocenters. The number of nitrogens with zero attached hydrogens (tertiary/aromatic N) is 8. The quantitative estimate of drug-likeness (QED) is 0.0429. The van der Waals surface area contributed by atoms with Crippen molar-refractivity contribution in [2.75, 3.05) is 30.5 Å². The second kappa shape index (κ2) is 20.8. The molecule has 28 heteroatoms. The Morgan fingerprint density at radius 1 is 1.04 bits per heavy atom. The predicted molar refractivity (Wildman–Crippen MR) is 244 cm³/mol. The van der Waals surface area contributed by atoms with Gasteiger partial charge in [0.25, 0.3) is 11.5 Å². The van der Waals surface area contributed by atoms with Crippen LogP contribution in [0.2, 0.25) is 18.1 Å². The highest BCUT2D eigenvalue weighted by Gasteiger charge is 2.54. The number of nitrogens with one attached hydrogen (secondary N) is 3. The number of hydrogen-bond donors (Lipinski definition) is 5. The summed E-state index contributed by atoms with van der Waals surface area (Å²) in [4.78, 5) is 74.3. The summed E-state index contributed by atoms with van der Waals surface area (Å²) in [6, 6.07) is 10.4. The molecule has 68 heavy (non-hydrogen) atoms. The molecule has 2 aliphatic rings. The fourth-order valence-corrected chi connectivity index (χ4v) is 10.1. The van der Waals surface area contributed by atoms with Crippen molar-refractivity contribution in [1.29, 1.82) is 5.26 Å². The molecule has 0 radical (unpaired) electrons. The molecule has 4 aromatic heterocycles. The molecule has 6 heterocycles. The number of aliphatic hydroxyl groups excluding tert-OH is 1. The number of ether oxygens (including phenoxy) is 2. The monoisotopic (exact) mass is 1000 g/mol. The van der Waals surface area contributed by atoms with Crippen molar-refractivity contribution in [3.63, 3.8) is 0 Å². The summed E-state index contributed by atoms with van der Waals surface area (Å²) in [5.41, 5.74) is -0.127. The summed E-state index contributed by atoms with van der Waals surface area (Å²) in [5, 5.41) is 24.5. The third kappa shape index (κ3) is 11.3. The Morgan fingerprint density at radius 2 is 1.76 bits per heavy atom. The average Bonchev–Trinajstić information content (AvgIpc) is 4.08. The van der Waals surface area contributed by atoms with Crippen LogP contribution in [0.1, 0.15) is 70.3 Å². The number of amides is 2. The Morgan fingerprint density at radius 3 is 2.46 bits per heavy atom. The second-order valence-corrected chi connectivity index (χ2v) is 24.9. The molecule has 0 spiro atoms. The van der Waals surface area contributed by atoms with Gasteiger partial charge >= 0.3 is 16.1 Å². The molecule has 7 rings (SSSR count). The van der Waals surface area contributed by atoms with E-state index in [1.807, 2.05) is 39.9 Å². The summed E-state index contributed by atoms with van der Waals surface area (Å²) < 4.78 is 71.9. The van der Waals surface area contributed by atoms with Crippen LogP contribution in [0, 0.1) is 17.2 Å². The van der Waals surface area contributed by atoms with Gasteiger partial charge in [0.2, 0.25) is 11.9 Å². The molecule has 0 saturated carbocycles. The molecule has 5 N–H and O–H groups in total. The molecule has 2 unspecified atom stereocenters. The van der Waals surface area contributed by atoms with E-state index in [9.17, 15) is 33.5 Å². The van der Waals surface area contributed by atoms with E-state index in [0.29, 0.717) is 5.56 Å². The first-order valence-electron chi connectivity index (χ1n) is 21.5. The number of aromatic amines is 1. The van der Waals surface area contributed by atoms with Crippen molar-refractivity contribution < 1.29 is 60.7 Å². The lowest BCUT2D eigenvalue weighted by Crippen LogP contribution is -2.50. The Balaban J connectivity index is 1.17. The van der Waals surface area contributed by atoms with Gasteiger partial charge in [0.05, 0.1) is 51.1 Å². The van der Waals surface area contributed by atoms with E-state index in [4.69, 9.17) is 37.3 Å². The van der Waals surface area contributed by atoms with Crippen molar-refractivity contribution >= 4 is 70.3 Å². The van der Waals surface area contributed by atoms with Crippen molar-refractivity contribution in [3.05, 3.63) is 65.2 Å². The lowest BCUT2D eigenvalue weighted by molar-refractivity contribution is -0.118. The Kier molecular flexibility index (Phi) is 15.6. The lowest BCUT2D eigenvalue weighted by atomic mass is 10.1. The molecule has 2 fully saturated rings. The van der Waals surface area contributed by atoms with E-state index < -0.39 is 109 Å². The van der Waals surface area contributed by atoms with E-state index in [1.165, 1.54) is 28.1 Å². The predicted octanol–water partition coefficient (Wildman–Crippen LogP) is 4.58. The number of carbonyl (C=O) groups is 2. The molecule has 25 nitrogen and oxygen atoms in total. The van der Waals surface area contributed by atoms with Crippen LogP contribution >= 0.6 is 16.1 Å². The largest absolute Gasteiger partial charge is 0.472 e. The van der Waals surface area contributed by atoms with Gasteiger partial charge in [-0.2, -0.15) is 10.2 Å². The number of nitriles is 1. The first kappa shape index (κ1) is 50.7. The summed E-state index contributed by atoms with van der Waals surface area (Å²) >= 11 is 0. The minimum absolute atomic E-state index is 0.0393. The van der Waals surface area contributed by atoms with Gasteiger partial charge in [0.15, 0.2) is 42.7 Å². The standard InChI is InChI=1S/C40H53N11O14P2Si/c1-22(2)35(53)48-39-47-34-29(37(55)49-39)45-21-51(34)38-31(30(25(17-52)62-38)65-68(6,7)40(3,4)5)64-67(57,58)60-18-26-24(63-66(56)59-15-11-14-41)16-27(61-26)50-20-44-28-32(42-19-43-33(28)50)46-36(54)23-12-9-8-10-13-23/h8-10,12-13,19-22,24-27,30-31,38,52,66H,11,15-18H2,1-7H3,(H,57,58)(H,42,43,46,54)(H2,47,48,49,53,55)/t24-,25+,26+,27+,30+,31+,38+/m0/s1. The van der Waals surface area contributed by atoms with Gasteiger partial charge < -0.3 is 38.3 Å². The van der Waals surface area contributed by atoms with Gasteiger partial charge in [-0.3, -0.25) is 47.4 Å². The van der Waals surface area contributed by atoms with Crippen molar-refractivity contribution in [2.45, 2.75) is 109 Å². The van der Waals surface area contributed by atoms with Gasteiger partial charge in [-0.05, 0) is 30.3 Å². The first-order valence-corrected chi connectivity index (χ1v) is 27.1. The number of phosphoric ester groups is 1. The molecular weight excluding hydrogens is 949 g/mol. The van der Waals surface area contributed by atoms with Crippen molar-refractivity contribution in [1.82, 2.24) is 39.0 Å². The van der Waals surface area contributed by atoms with Crippen LogP contribution in [-0.4, -0.2) is 120 Å². The van der Waals surface area contributed by atoms with Crippen LogP contribution in [0.15, 0.2) is 54.1 Å². The van der Waals surface area contributed by atoms with Gasteiger partial charge in [-0.1, -0.05) is 52.8 Å². The van der Waals surface area contributed by atoms with Crippen molar-refractivity contribution in [3.8, 4) is 6.07 Å². The van der Waals surface area contributed by atoms with Crippen LogP contribution in [0.4, 0.5) is 11.8 Å². The highest BCUT2D eigenvalue weighted by atomic mass is 31.2. The number of aliphatic hydroxyl groups is 1. The maximum Gasteiger partial charge on any atom is 0.472 e. The normalized spacial score (nSPS) is 23.5. The van der Waals surface area contributed by atoms with E-state index in [0.717, 1.165) is 0 Å². The van der Waals surface area contributed by atoms with Gasteiger partial charge in [0.1, 0.15) is 37.0 Å². The Labute approximate surface area is 390 Å².